The van der Waals surface area contributed by atoms with E-state index in [9.17, 15) is 10.1 Å². The van der Waals surface area contributed by atoms with E-state index in [0.717, 1.165) is 31.3 Å². The third kappa shape index (κ3) is 5.66. The number of nitro groups is 1. The van der Waals surface area contributed by atoms with Crippen molar-refractivity contribution in [1.29, 1.82) is 0 Å². The molecule has 0 atom stereocenters. The smallest absolute Gasteiger partial charge is 0.292 e. The van der Waals surface area contributed by atoms with E-state index >= 15 is 0 Å². The molecule has 146 valence electrons. The average Bonchev–Trinajstić information content (AvgIpc) is 3.20. The number of nitrogens with one attached hydrogen (secondary N) is 1. The number of hydrogen-bond acceptors (Lipinski definition) is 7. The van der Waals surface area contributed by atoms with Gasteiger partial charge in [0, 0.05) is 50.4 Å². The number of rotatable bonds is 6. The Hall–Kier alpha value is -2.15. The lowest BCUT2D eigenvalue weighted by Gasteiger charge is -2.35. The minimum atomic E-state index is -0.401. The van der Waals surface area contributed by atoms with Crippen molar-refractivity contribution in [3.8, 4) is 0 Å². The third-order valence-electron chi connectivity index (χ3n) is 4.10. The van der Waals surface area contributed by atoms with Gasteiger partial charge in [-0.25, -0.2) is 4.98 Å². The highest BCUT2D eigenvalue weighted by atomic mass is 127. The molecule has 3 rings (SSSR count). The standard InChI is InChI=1S/C16H21N7O2S.HI/c17-15(21-8-10-22(11-9-21)16-20-7-12-26-16)19-6-5-18-13-3-1-2-4-14(13)23(24)25;/h1-4,7,12,18H,5-6,8-11H2,(H2,17,19);1H. The molecule has 2 heterocycles. The fourth-order valence-corrected chi connectivity index (χ4v) is 3.44. The van der Waals surface area contributed by atoms with Crippen LogP contribution in [0.2, 0.25) is 0 Å². The van der Waals surface area contributed by atoms with E-state index in [1.807, 2.05) is 11.6 Å². The lowest BCUT2D eigenvalue weighted by Crippen LogP contribution is -2.51. The zero-order chi connectivity index (χ0) is 18.4. The third-order valence-corrected chi connectivity index (χ3v) is 4.93. The molecule has 1 aliphatic rings. The Morgan fingerprint density at radius 3 is 2.74 bits per heavy atom. The van der Waals surface area contributed by atoms with Crippen LogP contribution in [0.5, 0.6) is 0 Å². The first-order valence-electron chi connectivity index (χ1n) is 8.32. The van der Waals surface area contributed by atoms with Gasteiger partial charge < -0.3 is 20.9 Å². The Morgan fingerprint density at radius 2 is 2.07 bits per heavy atom. The molecule has 0 radical (unpaired) electrons. The summed E-state index contributed by atoms with van der Waals surface area (Å²) < 4.78 is 0. The molecule has 1 aliphatic heterocycles. The summed E-state index contributed by atoms with van der Waals surface area (Å²) in [5, 5.41) is 17.0. The average molecular weight is 503 g/mol. The van der Waals surface area contributed by atoms with Crippen molar-refractivity contribution in [2.24, 2.45) is 10.7 Å². The second kappa shape index (κ2) is 10.3. The van der Waals surface area contributed by atoms with E-state index in [1.54, 1.807) is 29.5 Å². The normalized spacial score (nSPS) is 14.6. The topological polar surface area (TPSA) is 113 Å². The van der Waals surface area contributed by atoms with E-state index in [0.29, 0.717) is 24.7 Å². The van der Waals surface area contributed by atoms with Crippen LogP contribution in [0, 0.1) is 10.1 Å². The minimum Gasteiger partial charge on any atom is -0.378 e. The lowest BCUT2D eigenvalue weighted by atomic mass is 10.2. The number of nitrogens with two attached hydrogens (primary N) is 1. The van der Waals surface area contributed by atoms with E-state index in [-0.39, 0.29) is 29.7 Å². The second-order valence-corrected chi connectivity index (χ2v) is 6.60. The van der Waals surface area contributed by atoms with Gasteiger partial charge in [-0.3, -0.25) is 15.1 Å². The predicted octanol–water partition coefficient (Wildman–Crippen LogP) is 2.22. The van der Waals surface area contributed by atoms with Gasteiger partial charge >= 0.3 is 0 Å². The number of piperazine rings is 1. The summed E-state index contributed by atoms with van der Waals surface area (Å²) in [4.78, 5) is 23.6. The Balaban J connectivity index is 0.00000261. The summed E-state index contributed by atoms with van der Waals surface area (Å²) in [6.07, 6.45) is 1.81. The first-order valence-corrected chi connectivity index (χ1v) is 9.19. The summed E-state index contributed by atoms with van der Waals surface area (Å²) >= 11 is 1.64. The number of guanidine groups is 1. The highest BCUT2D eigenvalue weighted by Crippen LogP contribution is 2.22. The van der Waals surface area contributed by atoms with Crippen molar-refractivity contribution in [3.05, 3.63) is 46.0 Å². The summed E-state index contributed by atoms with van der Waals surface area (Å²) in [6, 6.07) is 6.56. The summed E-state index contributed by atoms with van der Waals surface area (Å²) in [7, 11) is 0. The van der Waals surface area contributed by atoms with Crippen LogP contribution in [0.4, 0.5) is 16.5 Å². The number of halogens is 1. The van der Waals surface area contributed by atoms with Gasteiger partial charge in [-0.1, -0.05) is 12.1 Å². The van der Waals surface area contributed by atoms with E-state index in [1.165, 1.54) is 6.07 Å². The number of anilines is 2. The Kier molecular flexibility index (Phi) is 8.03. The van der Waals surface area contributed by atoms with Crippen LogP contribution in [0.3, 0.4) is 0 Å². The molecule has 27 heavy (non-hydrogen) atoms. The number of aromatic nitrogens is 1. The van der Waals surface area contributed by atoms with Crippen molar-refractivity contribution < 1.29 is 4.92 Å². The van der Waals surface area contributed by atoms with Crippen LogP contribution in [0.25, 0.3) is 0 Å². The van der Waals surface area contributed by atoms with Gasteiger partial charge in [0.05, 0.1) is 11.5 Å². The van der Waals surface area contributed by atoms with Gasteiger partial charge in [-0.2, -0.15) is 0 Å². The minimum absolute atomic E-state index is 0. The van der Waals surface area contributed by atoms with Crippen LogP contribution < -0.4 is 16.0 Å². The molecule has 0 amide bonds. The maximum Gasteiger partial charge on any atom is 0.292 e. The molecular formula is C16H22IN7O2S. The van der Waals surface area contributed by atoms with Crippen LogP contribution in [-0.4, -0.2) is 60.0 Å². The first kappa shape index (κ1) is 21.2. The van der Waals surface area contributed by atoms with Crippen LogP contribution in [-0.2, 0) is 0 Å². The molecule has 1 aromatic heterocycles. The van der Waals surface area contributed by atoms with Crippen LogP contribution in [0.1, 0.15) is 0 Å². The number of hydrogen-bond donors (Lipinski definition) is 2. The number of aliphatic imine (C=N–C) groups is 1. The molecule has 2 aromatic rings. The van der Waals surface area contributed by atoms with Crippen molar-refractivity contribution in [2.75, 3.05) is 49.5 Å². The van der Waals surface area contributed by atoms with Crippen molar-refractivity contribution in [3.63, 3.8) is 0 Å². The summed E-state index contributed by atoms with van der Waals surface area (Å²) in [5.41, 5.74) is 6.63. The van der Waals surface area contributed by atoms with Gasteiger partial charge in [0.25, 0.3) is 5.69 Å². The zero-order valence-corrected chi connectivity index (χ0v) is 17.8. The lowest BCUT2D eigenvalue weighted by molar-refractivity contribution is -0.384. The molecule has 1 saturated heterocycles. The van der Waals surface area contributed by atoms with Crippen molar-refractivity contribution >= 4 is 57.8 Å². The SMILES string of the molecule is I.NC(=NCCNc1ccccc1[N+](=O)[O-])N1CCN(c2nccs2)CC1. The largest absolute Gasteiger partial charge is 0.378 e. The fourth-order valence-electron chi connectivity index (χ4n) is 2.74. The monoisotopic (exact) mass is 503 g/mol. The van der Waals surface area contributed by atoms with Crippen molar-refractivity contribution in [2.45, 2.75) is 0 Å². The number of thiazole rings is 1. The molecule has 1 fully saturated rings. The molecular weight excluding hydrogens is 481 g/mol. The Bertz CT molecular complexity index is 764. The first-order chi connectivity index (χ1) is 12.6. The Morgan fingerprint density at radius 1 is 1.33 bits per heavy atom. The number of benzene rings is 1. The summed E-state index contributed by atoms with van der Waals surface area (Å²) in [6.45, 7) is 4.24. The molecule has 1 aromatic carbocycles. The van der Waals surface area contributed by atoms with Crippen LogP contribution >= 0.6 is 35.3 Å². The Labute approximate surface area is 178 Å². The van der Waals surface area contributed by atoms with E-state index in [2.05, 4.69) is 25.1 Å². The highest BCUT2D eigenvalue weighted by Gasteiger charge is 2.19. The zero-order valence-electron chi connectivity index (χ0n) is 14.7. The van der Waals surface area contributed by atoms with Gasteiger partial charge in [-0.05, 0) is 6.07 Å². The van der Waals surface area contributed by atoms with Gasteiger partial charge in [0.1, 0.15) is 5.69 Å². The van der Waals surface area contributed by atoms with Gasteiger partial charge in [0.2, 0.25) is 0 Å². The number of para-hydroxylation sites is 2. The molecule has 3 N–H and O–H groups in total. The van der Waals surface area contributed by atoms with Crippen molar-refractivity contribution in [1.82, 2.24) is 9.88 Å². The maximum atomic E-state index is 11.0. The molecule has 0 aliphatic carbocycles. The van der Waals surface area contributed by atoms with Gasteiger partial charge in [0.15, 0.2) is 11.1 Å². The molecule has 0 bridgehead atoms. The molecule has 0 spiro atoms. The quantitative estimate of drug-likeness (QED) is 0.155. The highest BCUT2D eigenvalue weighted by molar-refractivity contribution is 14.0. The molecule has 9 nitrogen and oxygen atoms in total. The summed E-state index contributed by atoms with van der Waals surface area (Å²) in [5.74, 6) is 0.508. The molecule has 0 unspecified atom stereocenters. The predicted molar refractivity (Wildman–Crippen MR) is 119 cm³/mol. The number of nitrogens with zero attached hydrogens (tertiary/aromatic N) is 5. The van der Waals surface area contributed by atoms with Crippen LogP contribution in [0.15, 0.2) is 40.8 Å². The number of nitro benzene ring substituents is 1. The van der Waals surface area contributed by atoms with E-state index in [4.69, 9.17) is 5.73 Å². The van der Waals surface area contributed by atoms with Gasteiger partial charge in [-0.15, -0.1) is 35.3 Å². The fraction of sp³-hybridized carbons (Fsp3) is 0.375. The second-order valence-electron chi connectivity index (χ2n) is 5.73. The molecule has 11 heteroatoms. The van der Waals surface area contributed by atoms with E-state index < -0.39 is 4.92 Å². The molecule has 0 saturated carbocycles. The maximum absolute atomic E-state index is 11.0.